The highest BCUT2D eigenvalue weighted by Gasteiger charge is 2.23. The molecule has 4 nitrogen and oxygen atoms in total. The van der Waals surface area contributed by atoms with Gasteiger partial charge in [-0.1, -0.05) is 47.2 Å². The Morgan fingerprint density at radius 2 is 1.88 bits per heavy atom. The number of carbonyl (C=O) groups is 1. The van der Waals surface area contributed by atoms with Crippen LogP contribution in [0.15, 0.2) is 35.2 Å². The summed E-state index contributed by atoms with van der Waals surface area (Å²) in [5.74, 6) is 0.198. The van der Waals surface area contributed by atoms with Gasteiger partial charge in [0.1, 0.15) is 15.8 Å². The van der Waals surface area contributed by atoms with E-state index in [1.807, 2.05) is 0 Å². The summed E-state index contributed by atoms with van der Waals surface area (Å²) in [7, 11) is 1.52. The first-order valence-corrected chi connectivity index (χ1v) is 8.98. The fourth-order valence-electron chi connectivity index (χ4n) is 2.35. The number of phenolic OH excluding ortho intramolecular Hbond substituents is 1. The number of thiocarbonyl (C=S) groups is 1. The summed E-state index contributed by atoms with van der Waals surface area (Å²) in [6.07, 6.45) is 1.56. The Labute approximate surface area is 163 Å². The molecule has 1 aliphatic rings. The molecule has 0 aliphatic carbocycles. The highest BCUT2D eigenvalue weighted by atomic mass is 35.5. The Bertz CT molecular complexity index is 908. The number of rotatable bonds is 3. The average Bonchev–Trinajstić information content (AvgIpc) is 2.85. The Balaban J connectivity index is 2.16. The lowest BCUT2D eigenvalue weighted by Crippen LogP contribution is -2.17. The third kappa shape index (κ3) is 3.93. The molecule has 0 atom stereocenters. The molecule has 8 heteroatoms. The van der Waals surface area contributed by atoms with Crippen LogP contribution in [0.4, 0.5) is 0 Å². The van der Waals surface area contributed by atoms with Gasteiger partial charge in [-0.3, -0.25) is 4.79 Å². The number of thioether (sulfide) groups is 1. The van der Waals surface area contributed by atoms with Crippen molar-refractivity contribution in [2.45, 2.75) is 0 Å². The Morgan fingerprint density at radius 1 is 1.20 bits per heavy atom. The molecule has 0 aromatic heterocycles. The Kier molecular flexibility index (Phi) is 5.24. The number of carbonyl (C=O) groups excluding carboxylic acids is 1. The van der Waals surface area contributed by atoms with Crippen molar-refractivity contribution in [3.63, 3.8) is 0 Å². The van der Waals surface area contributed by atoms with Gasteiger partial charge in [-0.05, 0) is 42.0 Å². The van der Waals surface area contributed by atoms with E-state index in [2.05, 4.69) is 5.32 Å². The van der Waals surface area contributed by atoms with E-state index in [9.17, 15) is 9.90 Å². The van der Waals surface area contributed by atoms with E-state index in [0.29, 0.717) is 41.7 Å². The lowest BCUT2D eigenvalue weighted by atomic mass is 10.0. The molecule has 2 aromatic rings. The molecule has 0 radical (unpaired) electrons. The van der Waals surface area contributed by atoms with Gasteiger partial charge in [-0.2, -0.15) is 0 Å². The Hall–Kier alpha value is -1.73. The number of methoxy groups -OCH3 is 1. The minimum absolute atomic E-state index is 0.0159. The summed E-state index contributed by atoms with van der Waals surface area (Å²) >= 11 is 18.2. The first kappa shape index (κ1) is 18.1. The van der Waals surface area contributed by atoms with Gasteiger partial charge < -0.3 is 15.2 Å². The minimum atomic E-state index is -0.301. The molecular weight excluding hydrogens is 401 g/mol. The summed E-state index contributed by atoms with van der Waals surface area (Å²) in [5.41, 5.74) is 1.54. The second-order valence-corrected chi connectivity index (χ2v) is 7.71. The van der Waals surface area contributed by atoms with E-state index in [-0.39, 0.29) is 11.7 Å². The van der Waals surface area contributed by atoms with Crippen LogP contribution in [0.2, 0.25) is 10.0 Å². The minimum Gasteiger partial charge on any atom is -0.507 e. The monoisotopic (exact) mass is 411 g/mol. The quantitative estimate of drug-likeness (QED) is 0.557. The summed E-state index contributed by atoms with van der Waals surface area (Å²) in [5, 5.41) is 14.1. The maximum Gasteiger partial charge on any atom is 0.263 e. The molecule has 25 heavy (non-hydrogen) atoms. The van der Waals surface area contributed by atoms with Crippen LogP contribution in [0.3, 0.4) is 0 Å². The number of hydrogen-bond donors (Lipinski definition) is 2. The number of nitrogens with one attached hydrogen (secondary N) is 1. The molecule has 0 spiro atoms. The highest BCUT2D eigenvalue weighted by Crippen LogP contribution is 2.40. The van der Waals surface area contributed by atoms with Crippen LogP contribution in [0.25, 0.3) is 17.2 Å². The largest absolute Gasteiger partial charge is 0.507 e. The van der Waals surface area contributed by atoms with E-state index in [4.69, 9.17) is 40.2 Å². The van der Waals surface area contributed by atoms with Crippen molar-refractivity contribution in [1.29, 1.82) is 0 Å². The molecule has 0 unspecified atom stereocenters. The van der Waals surface area contributed by atoms with Crippen LogP contribution in [0.5, 0.6) is 11.5 Å². The van der Waals surface area contributed by atoms with Gasteiger partial charge >= 0.3 is 0 Å². The molecular formula is C17H11Cl2NO3S2. The third-order valence-electron chi connectivity index (χ3n) is 3.45. The molecule has 1 fully saturated rings. The van der Waals surface area contributed by atoms with Crippen molar-refractivity contribution < 1.29 is 14.6 Å². The van der Waals surface area contributed by atoms with Gasteiger partial charge in [0.2, 0.25) is 0 Å². The van der Waals surface area contributed by atoms with Crippen molar-refractivity contribution in [1.82, 2.24) is 5.32 Å². The van der Waals surface area contributed by atoms with E-state index in [0.717, 1.165) is 11.8 Å². The van der Waals surface area contributed by atoms with Crippen molar-refractivity contribution in [3.05, 3.63) is 50.8 Å². The average molecular weight is 412 g/mol. The molecule has 3 rings (SSSR count). The van der Waals surface area contributed by atoms with Crippen molar-refractivity contribution in [2.75, 3.05) is 7.11 Å². The number of amides is 1. The zero-order chi connectivity index (χ0) is 18.1. The molecule has 2 N–H and O–H groups in total. The van der Waals surface area contributed by atoms with E-state index in [1.165, 1.54) is 7.11 Å². The van der Waals surface area contributed by atoms with Crippen molar-refractivity contribution >= 4 is 63.5 Å². The molecule has 1 amide bonds. The maximum absolute atomic E-state index is 11.9. The van der Waals surface area contributed by atoms with Crippen molar-refractivity contribution in [2.24, 2.45) is 0 Å². The molecule has 0 bridgehead atoms. The zero-order valence-electron chi connectivity index (χ0n) is 12.8. The molecule has 128 valence electrons. The van der Waals surface area contributed by atoms with Gasteiger partial charge in [0, 0.05) is 21.2 Å². The lowest BCUT2D eigenvalue weighted by Gasteiger charge is -2.12. The van der Waals surface area contributed by atoms with Crippen LogP contribution < -0.4 is 10.1 Å². The van der Waals surface area contributed by atoms with Crippen LogP contribution in [-0.2, 0) is 4.79 Å². The van der Waals surface area contributed by atoms with Gasteiger partial charge in [-0.25, -0.2) is 0 Å². The molecule has 2 aromatic carbocycles. The molecule has 1 saturated heterocycles. The number of benzene rings is 2. The smallest absolute Gasteiger partial charge is 0.263 e. The predicted molar refractivity (Wildman–Crippen MR) is 106 cm³/mol. The van der Waals surface area contributed by atoms with Crippen LogP contribution in [0.1, 0.15) is 5.56 Å². The molecule has 0 saturated carbocycles. The fraction of sp³-hybridized carbons (Fsp3) is 0.0588. The molecule has 1 heterocycles. The number of aromatic hydroxyl groups is 1. The van der Waals surface area contributed by atoms with E-state index >= 15 is 0 Å². The number of phenols is 1. The second-order valence-electron chi connectivity index (χ2n) is 5.12. The maximum atomic E-state index is 11.9. The molecule has 1 aliphatic heterocycles. The van der Waals surface area contributed by atoms with E-state index < -0.39 is 0 Å². The third-order valence-corrected chi connectivity index (χ3v) is 5.05. The summed E-state index contributed by atoms with van der Waals surface area (Å²) in [6.45, 7) is 0. The van der Waals surface area contributed by atoms with E-state index in [1.54, 1.807) is 36.4 Å². The topological polar surface area (TPSA) is 58.6 Å². The van der Waals surface area contributed by atoms with Gasteiger partial charge in [0.05, 0.1) is 12.0 Å². The van der Waals surface area contributed by atoms with Gasteiger partial charge in [-0.15, -0.1) is 0 Å². The zero-order valence-corrected chi connectivity index (χ0v) is 15.9. The summed E-state index contributed by atoms with van der Waals surface area (Å²) < 4.78 is 5.68. The standard InChI is InChI=1S/C17H11Cl2NO3S2/c1-23-12-4-9(5-14-16(22)20-17(24)25-14)15(21)13(7-12)8-2-10(18)6-11(19)3-8/h2-7,21H,1H3,(H,20,22,24)/b14-5-. The van der Waals surface area contributed by atoms with Crippen molar-refractivity contribution in [3.8, 4) is 22.6 Å². The normalized spacial score (nSPS) is 15.6. The SMILES string of the molecule is COc1cc(/C=C2\SC(=S)NC2=O)c(O)c(-c2cc(Cl)cc(Cl)c2)c1. The van der Waals surface area contributed by atoms with Gasteiger partial charge in [0.15, 0.2) is 0 Å². The predicted octanol–water partition coefficient (Wildman–Crippen LogP) is 4.86. The number of hydrogen-bond acceptors (Lipinski definition) is 5. The number of ether oxygens (including phenoxy) is 1. The highest BCUT2D eigenvalue weighted by molar-refractivity contribution is 8.26. The fourth-order valence-corrected chi connectivity index (χ4v) is 3.91. The van der Waals surface area contributed by atoms with Gasteiger partial charge in [0.25, 0.3) is 5.91 Å². The number of halogens is 2. The lowest BCUT2D eigenvalue weighted by molar-refractivity contribution is -0.115. The summed E-state index contributed by atoms with van der Waals surface area (Å²) in [6, 6.07) is 8.28. The first-order chi connectivity index (χ1) is 11.9. The second kappa shape index (κ2) is 7.25. The van der Waals surface area contributed by atoms with Crippen LogP contribution in [0, 0.1) is 0 Å². The Morgan fingerprint density at radius 3 is 2.44 bits per heavy atom. The summed E-state index contributed by atoms with van der Waals surface area (Å²) in [4.78, 5) is 12.3. The van der Waals surface area contributed by atoms with Crippen LogP contribution in [-0.4, -0.2) is 22.4 Å². The van der Waals surface area contributed by atoms with Crippen LogP contribution >= 0.6 is 47.2 Å². The first-order valence-electron chi connectivity index (χ1n) is 6.99.